The number of aryl methyl sites for hydroxylation is 1. The van der Waals surface area contributed by atoms with E-state index in [1.807, 2.05) is 11.7 Å². The summed E-state index contributed by atoms with van der Waals surface area (Å²) < 4.78 is 1.89. The number of fused-ring (bicyclic) bond motifs is 1. The lowest BCUT2D eigenvalue weighted by Crippen LogP contribution is -2.22. The zero-order valence-corrected chi connectivity index (χ0v) is 7.32. The van der Waals surface area contributed by atoms with E-state index in [0.717, 1.165) is 19.5 Å². The minimum atomic E-state index is 0. The number of nitrogens with one attached hydrogen (secondary N) is 1. The second kappa shape index (κ2) is 3.24. The lowest BCUT2D eigenvalue weighted by atomic mass is 10.1. The van der Waals surface area contributed by atoms with Crippen LogP contribution in [0.2, 0.25) is 0 Å². The number of hydrogen-bond acceptors (Lipinski definition) is 2. The van der Waals surface area contributed by atoms with Crippen molar-refractivity contribution in [2.24, 2.45) is 7.05 Å². The summed E-state index contributed by atoms with van der Waals surface area (Å²) in [5.74, 6) is 0. The van der Waals surface area contributed by atoms with Crippen molar-refractivity contribution < 1.29 is 0 Å². The van der Waals surface area contributed by atoms with Crippen LogP contribution in [0.25, 0.3) is 0 Å². The van der Waals surface area contributed by atoms with E-state index >= 15 is 0 Å². The van der Waals surface area contributed by atoms with Crippen LogP contribution in [0.1, 0.15) is 11.3 Å². The van der Waals surface area contributed by atoms with E-state index in [-0.39, 0.29) is 12.4 Å². The highest BCUT2D eigenvalue weighted by Crippen LogP contribution is 2.09. The van der Waals surface area contributed by atoms with Crippen LogP contribution in [0, 0.1) is 0 Å². The van der Waals surface area contributed by atoms with Gasteiger partial charge in [0.25, 0.3) is 0 Å². The third-order valence-corrected chi connectivity index (χ3v) is 1.86. The maximum Gasteiger partial charge on any atom is 0.0794 e. The molecule has 0 amide bonds. The first-order valence-electron chi connectivity index (χ1n) is 3.58. The molecule has 3 nitrogen and oxygen atoms in total. The molecule has 0 aromatic carbocycles. The Morgan fingerprint density at radius 2 is 2.45 bits per heavy atom. The van der Waals surface area contributed by atoms with Crippen molar-refractivity contribution >= 4 is 12.4 Å². The molecule has 1 aliphatic rings. The quantitative estimate of drug-likeness (QED) is 0.619. The molecular weight excluding hydrogens is 162 g/mol. The molecular formula is C7H12ClN3. The Balaban J connectivity index is 0.000000605. The van der Waals surface area contributed by atoms with Crippen molar-refractivity contribution in [2.75, 3.05) is 6.54 Å². The van der Waals surface area contributed by atoms with Crippen LogP contribution >= 0.6 is 12.4 Å². The average Bonchev–Trinajstić information content (AvgIpc) is 2.27. The van der Waals surface area contributed by atoms with Crippen LogP contribution in [-0.4, -0.2) is 16.3 Å². The summed E-state index contributed by atoms with van der Waals surface area (Å²) in [5.41, 5.74) is 2.62. The van der Waals surface area contributed by atoms with E-state index in [1.54, 1.807) is 0 Å². The predicted octanol–water partition coefficient (Wildman–Crippen LogP) is 0.488. The molecule has 0 fully saturated rings. The minimum absolute atomic E-state index is 0. The first-order valence-corrected chi connectivity index (χ1v) is 3.58. The molecule has 0 radical (unpaired) electrons. The summed E-state index contributed by atoms with van der Waals surface area (Å²) in [5, 5.41) is 7.58. The fourth-order valence-corrected chi connectivity index (χ4v) is 1.37. The monoisotopic (exact) mass is 173 g/mol. The zero-order valence-electron chi connectivity index (χ0n) is 6.50. The third kappa shape index (κ3) is 1.54. The van der Waals surface area contributed by atoms with Gasteiger partial charge in [0, 0.05) is 19.8 Å². The van der Waals surface area contributed by atoms with E-state index in [2.05, 4.69) is 16.6 Å². The molecule has 2 heterocycles. The van der Waals surface area contributed by atoms with Gasteiger partial charge in [-0.15, -0.1) is 12.4 Å². The van der Waals surface area contributed by atoms with Gasteiger partial charge in [-0.25, -0.2) is 0 Å². The zero-order chi connectivity index (χ0) is 6.97. The van der Waals surface area contributed by atoms with Gasteiger partial charge in [-0.05, 0) is 18.5 Å². The van der Waals surface area contributed by atoms with Crippen LogP contribution in [0.3, 0.4) is 0 Å². The molecule has 1 aliphatic heterocycles. The summed E-state index contributed by atoms with van der Waals surface area (Å²) >= 11 is 0. The predicted molar refractivity (Wildman–Crippen MR) is 45.9 cm³/mol. The van der Waals surface area contributed by atoms with Crippen molar-refractivity contribution in [3.63, 3.8) is 0 Å². The van der Waals surface area contributed by atoms with Gasteiger partial charge in [-0.2, -0.15) is 5.10 Å². The molecule has 0 unspecified atom stereocenters. The number of rotatable bonds is 0. The summed E-state index contributed by atoms with van der Waals surface area (Å²) in [4.78, 5) is 0. The topological polar surface area (TPSA) is 29.9 Å². The van der Waals surface area contributed by atoms with Crippen LogP contribution in [0.4, 0.5) is 0 Å². The van der Waals surface area contributed by atoms with Crippen molar-refractivity contribution in [1.29, 1.82) is 0 Å². The number of aromatic nitrogens is 2. The van der Waals surface area contributed by atoms with Gasteiger partial charge in [-0.1, -0.05) is 0 Å². The van der Waals surface area contributed by atoms with E-state index in [1.165, 1.54) is 11.3 Å². The van der Waals surface area contributed by atoms with Crippen molar-refractivity contribution in [3.05, 3.63) is 17.5 Å². The number of hydrogen-bond donors (Lipinski definition) is 1. The van der Waals surface area contributed by atoms with E-state index in [9.17, 15) is 0 Å². The van der Waals surface area contributed by atoms with Gasteiger partial charge < -0.3 is 5.32 Å². The van der Waals surface area contributed by atoms with E-state index < -0.39 is 0 Å². The normalized spacial score (nSPS) is 15.4. The maximum absolute atomic E-state index is 4.31. The Morgan fingerprint density at radius 1 is 1.64 bits per heavy atom. The van der Waals surface area contributed by atoms with Crippen molar-refractivity contribution in [1.82, 2.24) is 15.1 Å². The van der Waals surface area contributed by atoms with Gasteiger partial charge in [-0.3, -0.25) is 4.68 Å². The Kier molecular flexibility index (Phi) is 2.52. The molecule has 0 atom stereocenters. The fraction of sp³-hybridized carbons (Fsp3) is 0.571. The van der Waals surface area contributed by atoms with Crippen LogP contribution < -0.4 is 5.32 Å². The highest BCUT2D eigenvalue weighted by Gasteiger charge is 2.10. The van der Waals surface area contributed by atoms with Gasteiger partial charge >= 0.3 is 0 Å². The van der Waals surface area contributed by atoms with Crippen molar-refractivity contribution in [3.8, 4) is 0 Å². The molecule has 0 saturated heterocycles. The molecule has 1 aromatic rings. The van der Waals surface area contributed by atoms with Crippen LogP contribution in [-0.2, 0) is 20.0 Å². The molecule has 0 bridgehead atoms. The highest BCUT2D eigenvalue weighted by molar-refractivity contribution is 5.85. The third-order valence-electron chi connectivity index (χ3n) is 1.86. The molecule has 4 heteroatoms. The second-order valence-corrected chi connectivity index (χ2v) is 2.70. The molecule has 0 saturated carbocycles. The lowest BCUT2D eigenvalue weighted by Gasteiger charge is -2.09. The Hall–Kier alpha value is -0.540. The summed E-state index contributed by atoms with van der Waals surface area (Å²) in [7, 11) is 1.97. The summed E-state index contributed by atoms with van der Waals surface area (Å²) in [6.07, 6.45) is 3.24. The van der Waals surface area contributed by atoms with Gasteiger partial charge in [0.1, 0.15) is 0 Å². The molecule has 62 valence electrons. The van der Waals surface area contributed by atoms with Gasteiger partial charge in [0.2, 0.25) is 0 Å². The lowest BCUT2D eigenvalue weighted by molar-refractivity contribution is 0.625. The van der Waals surface area contributed by atoms with Crippen molar-refractivity contribution in [2.45, 2.75) is 13.0 Å². The molecule has 0 aliphatic carbocycles. The van der Waals surface area contributed by atoms with Gasteiger partial charge in [0.15, 0.2) is 0 Å². The maximum atomic E-state index is 4.31. The van der Waals surface area contributed by atoms with Gasteiger partial charge in [0.05, 0.1) is 5.69 Å². The molecule has 2 rings (SSSR count). The Bertz CT molecular complexity index is 220. The first-order chi connectivity index (χ1) is 4.86. The molecule has 0 spiro atoms. The fourth-order valence-electron chi connectivity index (χ4n) is 1.37. The van der Waals surface area contributed by atoms with E-state index in [0.29, 0.717) is 0 Å². The number of nitrogens with zero attached hydrogens (tertiary/aromatic N) is 2. The van der Waals surface area contributed by atoms with Crippen LogP contribution in [0.5, 0.6) is 0 Å². The minimum Gasteiger partial charge on any atom is -0.311 e. The number of halogens is 1. The Labute approximate surface area is 72.2 Å². The van der Waals surface area contributed by atoms with E-state index in [4.69, 9.17) is 0 Å². The Morgan fingerprint density at radius 3 is 3.18 bits per heavy atom. The average molecular weight is 174 g/mol. The highest BCUT2D eigenvalue weighted by atomic mass is 35.5. The SMILES string of the molecule is Cl.Cn1cc2c(n1)CNCC2. The molecule has 11 heavy (non-hydrogen) atoms. The summed E-state index contributed by atoms with van der Waals surface area (Å²) in [6, 6.07) is 0. The standard InChI is InChI=1S/C7H11N3.ClH/c1-10-5-6-2-3-8-4-7(6)9-10;/h5,8H,2-4H2,1H3;1H. The molecule has 1 N–H and O–H groups in total. The largest absolute Gasteiger partial charge is 0.311 e. The smallest absolute Gasteiger partial charge is 0.0794 e. The molecule has 1 aromatic heterocycles. The first kappa shape index (κ1) is 8.56. The second-order valence-electron chi connectivity index (χ2n) is 2.70. The van der Waals surface area contributed by atoms with Crippen LogP contribution in [0.15, 0.2) is 6.20 Å². The summed E-state index contributed by atoms with van der Waals surface area (Å²) in [6.45, 7) is 2.04.